The number of carbonyl (C=O) groups is 1. The zero-order valence-electron chi connectivity index (χ0n) is 11.5. The number of carbonyl (C=O) groups excluding carboxylic acids is 1. The maximum atomic E-state index is 11.9. The molecule has 1 amide bonds. The molecule has 1 aliphatic heterocycles. The van der Waals surface area contributed by atoms with Crippen molar-refractivity contribution in [3.63, 3.8) is 0 Å². The predicted molar refractivity (Wildman–Crippen MR) is 70.1 cm³/mol. The van der Waals surface area contributed by atoms with Gasteiger partial charge >= 0.3 is 0 Å². The van der Waals surface area contributed by atoms with E-state index < -0.39 is 5.60 Å². The summed E-state index contributed by atoms with van der Waals surface area (Å²) in [7, 11) is 1.75. The van der Waals surface area contributed by atoms with Crippen molar-refractivity contribution >= 4 is 5.91 Å². The summed E-state index contributed by atoms with van der Waals surface area (Å²) in [5.41, 5.74) is 4.75. The number of nitrogens with two attached hydrogens (primary N) is 1. The zero-order valence-corrected chi connectivity index (χ0v) is 11.5. The fourth-order valence-electron chi connectivity index (χ4n) is 2.12. The largest absolute Gasteiger partial charge is 0.388 e. The highest BCUT2D eigenvalue weighted by molar-refractivity contribution is 5.75. The maximum Gasteiger partial charge on any atom is 0.222 e. The lowest BCUT2D eigenvalue weighted by Gasteiger charge is -2.35. The van der Waals surface area contributed by atoms with Crippen molar-refractivity contribution in [1.29, 1.82) is 0 Å². The third kappa shape index (κ3) is 4.92. The van der Waals surface area contributed by atoms with Gasteiger partial charge in [0, 0.05) is 46.1 Å². The van der Waals surface area contributed by atoms with E-state index in [4.69, 9.17) is 10.5 Å². The lowest BCUT2D eigenvalue weighted by atomic mass is 9.93. The molecule has 1 saturated heterocycles. The Balaban J connectivity index is 2.34. The van der Waals surface area contributed by atoms with Crippen molar-refractivity contribution in [3.05, 3.63) is 0 Å². The smallest absolute Gasteiger partial charge is 0.222 e. The summed E-state index contributed by atoms with van der Waals surface area (Å²) in [4.78, 5) is 13.6. The minimum atomic E-state index is -0.776. The van der Waals surface area contributed by atoms with E-state index in [2.05, 4.69) is 0 Å². The molecular weight excluding hydrogens is 232 g/mol. The van der Waals surface area contributed by atoms with Crippen LogP contribution in [0.15, 0.2) is 0 Å². The minimum Gasteiger partial charge on any atom is -0.388 e. The Morgan fingerprint density at radius 3 is 2.67 bits per heavy atom. The molecule has 1 atom stereocenters. The van der Waals surface area contributed by atoms with Gasteiger partial charge in [-0.05, 0) is 18.9 Å². The molecule has 1 heterocycles. The van der Waals surface area contributed by atoms with Gasteiger partial charge in [0.15, 0.2) is 0 Å². The Hall–Kier alpha value is -0.650. The van der Waals surface area contributed by atoms with Crippen molar-refractivity contribution in [1.82, 2.24) is 4.90 Å². The molecule has 5 nitrogen and oxygen atoms in total. The van der Waals surface area contributed by atoms with Crippen molar-refractivity contribution in [2.24, 2.45) is 11.7 Å². The van der Waals surface area contributed by atoms with E-state index in [0.29, 0.717) is 51.5 Å². The number of hydrogen-bond acceptors (Lipinski definition) is 4. The molecule has 3 N–H and O–H groups in total. The second kappa shape index (κ2) is 7.07. The molecule has 1 aliphatic rings. The van der Waals surface area contributed by atoms with Gasteiger partial charge in [-0.15, -0.1) is 0 Å². The molecule has 18 heavy (non-hydrogen) atoms. The first-order chi connectivity index (χ1) is 8.47. The molecular formula is C13H26N2O3. The third-order valence-electron chi connectivity index (χ3n) is 3.63. The Morgan fingerprint density at radius 1 is 1.50 bits per heavy atom. The van der Waals surface area contributed by atoms with Gasteiger partial charge in [-0.3, -0.25) is 4.79 Å². The fourth-order valence-corrected chi connectivity index (χ4v) is 2.12. The maximum absolute atomic E-state index is 11.9. The second-order valence-electron chi connectivity index (χ2n) is 5.47. The monoisotopic (exact) mass is 258 g/mol. The van der Waals surface area contributed by atoms with Crippen LogP contribution in [0.5, 0.6) is 0 Å². The van der Waals surface area contributed by atoms with Crippen LogP contribution in [0.1, 0.15) is 32.6 Å². The molecule has 0 radical (unpaired) electrons. The number of ether oxygens (including phenoxy) is 1. The summed E-state index contributed by atoms with van der Waals surface area (Å²) in [6.07, 6.45) is 2.51. The van der Waals surface area contributed by atoms with Crippen LogP contribution in [-0.2, 0) is 9.53 Å². The lowest BCUT2D eigenvalue weighted by molar-refractivity contribution is -0.137. The number of likely N-dealkylation sites (N-methyl/N-ethyl adjacent to an activating group) is 1. The van der Waals surface area contributed by atoms with Crippen LogP contribution in [0.25, 0.3) is 0 Å². The molecule has 0 bridgehead atoms. The van der Waals surface area contributed by atoms with Crippen LogP contribution >= 0.6 is 0 Å². The Labute approximate surface area is 109 Å². The van der Waals surface area contributed by atoms with Gasteiger partial charge in [0.05, 0.1) is 5.60 Å². The Morgan fingerprint density at radius 2 is 2.11 bits per heavy atom. The van der Waals surface area contributed by atoms with E-state index in [0.717, 1.165) is 6.42 Å². The summed E-state index contributed by atoms with van der Waals surface area (Å²) in [5, 5.41) is 10.3. The summed E-state index contributed by atoms with van der Waals surface area (Å²) >= 11 is 0. The highest BCUT2D eigenvalue weighted by Gasteiger charge is 2.32. The standard InChI is InChI=1S/C13H26N2O3/c1-11(9-14)3-4-12(16)15(2)10-13(17)5-7-18-8-6-13/h11,17H,3-10,14H2,1-2H3. The summed E-state index contributed by atoms with van der Waals surface area (Å²) < 4.78 is 5.22. The SMILES string of the molecule is CC(CN)CCC(=O)N(C)CC1(O)CCOCC1. The highest BCUT2D eigenvalue weighted by atomic mass is 16.5. The lowest BCUT2D eigenvalue weighted by Crippen LogP contribution is -2.47. The number of rotatable bonds is 6. The number of hydrogen-bond donors (Lipinski definition) is 2. The van der Waals surface area contributed by atoms with Gasteiger partial charge in [0.2, 0.25) is 5.91 Å². The van der Waals surface area contributed by atoms with Crippen LogP contribution in [-0.4, -0.2) is 54.9 Å². The predicted octanol–water partition coefficient (Wildman–Crippen LogP) is 0.361. The van der Waals surface area contributed by atoms with E-state index in [1.165, 1.54) is 0 Å². The van der Waals surface area contributed by atoms with E-state index in [9.17, 15) is 9.90 Å². The van der Waals surface area contributed by atoms with Crippen LogP contribution in [0, 0.1) is 5.92 Å². The Bertz CT molecular complexity index is 265. The van der Waals surface area contributed by atoms with E-state index in [1.807, 2.05) is 6.92 Å². The molecule has 1 fully saturated rings. The average Bonchev–Trinajstić information content (AvgIpc) is 2.35. The van der Waals surface area contributed by atoms with Gasteiger partial charge in [0.25, 0.3) is 0 Å². The van der Waals surface area contributed by atoms with Crippen molar-refractivity contribution in [2.75, 3.05) is 33.4 Å². The van der Waals surface area contributed by atoms with Gasteiger partial charge < -0.3 is 20.5 Å². The Kier molecular flexibility index (Phi) is 6.05. The first-order valence-corrected chi connectivity index (χ1v) is 6.71. The fraction of sp³-hybridized carbons (Fsp3) is 0.923. The van der Waals surface area contributed by atoms with E-state index in [1.54, 1.807) is 11.9 Å². The van der Waals surface area contributed by atoms with Crippen LogP contribution in [0.2, 0.25) is 0 Å². The van der Waals surface area contributed by atoms with Crippen LogP contribution in [0.4, 0.5) is 0 Å². The first kappa shape index (κ1) is 15.4. The third-order valence-corrected chi connectivity index (χ3v) is 3.63. The molecule has 5 heteroatoms. The molecule has 0 aromatic heterocycles. The van der Waals surface area contributed by atoms with Crippen molar-refractivity contribution in [3.8, 4) is 0 Å². The van der Waals surface area contributed by atoms with Gasteiger partial charge in [-0.25, -0.2) is 0 Å². The van der Waals surface area contributed by atoms with Crippen LogP contribution in [0.3, 0.4) is 0 Å². The molecule has 0 aliphatic carbocycles. The molecule has 0 aromatic rings. The average molecular weight is 258 g/mol. The molecule has 0 saturated carbocycles. The molecule has 1 rings (SSSR count). The summed E-state index contributed by atoms with van der Waals surface area (Å²) in [6, 6.07) is 0. The zero-order chi connectivity index (χ0) is 13.6. The molecule has 0 aromatic carbocycles. The summed E-state index contributed by atoms with van der Waals surface area (Å²) in [6.45, 7) is 4.19. The molecule has 106 valence electrons. The van der Waals surface area contributed by atoms with Gasteiger partial charge in [-0.2, -0.15) is 0 Å². The summed E-state index contributed by atoms with van der Waals surface area (Å²) in [5.74, 6) is 0.448. The number of nitrogens with zero attached hydrogens (tertiary/aromatic N) is 1. The van der Waals surface area contributed by atoms with Crippen LogP contribution < -0.4 is 5.73 Å². The second-order valence-corrected chi connectivity index (χ2v) is 5.47. The van der Waals surface area contributed by atoms with Crippen molar-refractivity contribution in [2.45, 2.75) is 38.2 Å². The molecule has 1 unspecified atom stereocenters. The normalized spacial score (nSPS) is 20.4. The molecule has 0 spiro atoms. The van der Waals surface area contributed by atoms with E-state index in [-0.39, 0.29) is 5.91 Å². The number of aliphatic hydroxyl groups is 1. The highest BCUT2D eigenvalue weighted by Crippen LogP contribution is 2.21. The quantitative estimate of drug-likeness (QED) is 0.721. The topological polar surface area (TPSA) is 75.8 Å². The van der Waals surface area contributed by atoms with Crippen molar-refractivity contribution < 1.29 is 14.6 Å². The van der Waals surface area contributed by atoms with Gasteiger partial charge in [-0.1, -0.05) is 6.92 Å². The first-order valence-electron chi connectivity index (χ1n) is 6.71. The van der Waals surface area contributed by atoms with Gasteiger partial charge in [0.1, 0.15) is 0 Å². The minimum absolute atomic E-state index is 0.0789. The number of amides is 1. The van der Waals surface area contributed by atoms with E-state index >= 15 is 0 Å².